The van der Waals surface area contributed by atoms with Gasteiger partial charge < -0.3 is 14.5 Å². The number of ether oxygens (including phenoxy) is 1. The third-order valence-corrected chi connectivity index (χ3v) is 8.27. The minimum absolute atomic E-state index is 0.0477. The van der Waals surface area contributed by atoms with E-state index in [1.54, 1.807) is 4.90 Å². The third-order valence-electron chi connectivity index (χ3n) is 7.91. The molecule has 1 aromatic heterocycles. The number of amides is 2. The number of thiocarbonyl (C=S) groups is 1. The van der Waals surface area contributed by atoms with Crippen LogP contribution in [0.1, 0.15) is 44.7 Å². The summed E-state index contributed by atoms with van der Waals surface area (Å²) in [4.78, 5) is 32.4. The van der Waals surface area contributed by atoms with Crippen LogP contribution >= 0.6 is 12.2 Å². The maximum atomic E-state index is 15.5. The van der Waals surface area contributed by atoms with Crippen LogP contribution in [0.4, 0.5) is 37.7 Å². The highest BCUT2D eigenvalue weighted by atomic mass is 32.1. The SMILES string of the molecule is CC(=O)N1CCC(Oc2ccc(-c3ncc(N4C(=S)N(c5ccc(C#N)c(C(F)(F)F)c5F)C(=O)C4(C)C)cc3F)cc2F)CC1. The molecule has 2 fully saturated rings. The molecule has 0 saturated carbocycles. The first-order valence-electron chi connectivity index (χ1n) is 13.9. The van der Waals surface area contributed by atoms with E-state index in [0.717, 1.165) is 35.4 Å². The Morgan fingerprint density at radius 1 is 1.09 bits per heavy atom. The number of likely N-dealkylation sites (tertiary alicyclic amines) is 1. The molecular weight excluding hydrogens is 636 g/mol. The standard InChI is InChI=1S/C31H25F6N5O3S/c1-16(43)40-10-8-20(9-11-40)45-24-7-5-17(12-21(24)32)27-22(33)13-19(15-39-27)42-29(46)41(28(44)30(42,2)3)23-6-4-18(14-38)25(26(23)34)31(35,36)37/h4-7,12-13,15,20H,8-11H2,1-3H3. The lowest BCUT2D eigenvalue weighted by Gasteiger charge is -2.31. The predicted molar refractivity (Wildman–Crippen MR) is 158 cm³/mol. The third kappa shape index (κ3) is 5.73. The number of nitriles is 1. The summed E-state index contributed by atoms with van der Waals surface area (Å²) in [6, 6.07) is 7.63. The van der Waals surface area contributed by atoms with Crippen molar-refractivity contribution in [2.45, 2.75) is 51.4 Å². The van der Waals surface area contributed by atoms with Gasteiger partial charge >= 0.3 is 6.18 Å². The van der Waals surface area contributed by atoms with Crippen molar-refractivity contribution in [3.8, 4) is 23.1 Å². The van der Waals surface area contributed by atoms with Gasteiger partial charge in [0.1, 0.15) is 22.9 Å². The molecule has 0 aliphatic carbocycles. The molecule has 3 heterocycles. The molecule has 0 spiro atoms. The van der Waals surface area contributed by atoms with Gasteiger partial charge in [-0.25, -0.2) is 13.2 Å². The van der Waals surface area contributed by atoms with Crippen molar-refractivity contribution in [1.82, 2.24) is 9.88 Å². The number of alkyl halides is 3. The zero-order valence-corrected chi connectivity index (χ0v) is 25.4. The van der Waals surface area contributed by atoms with Crippen molar-refractivity contribution in [3.05, 3.63) is 71.2 Å². The minimum atomic E-state index is -5.24. The Balaban J connectivity index is 1.41. The minimum Gasteiger partial charge on any atom is -0.487 e. The summed E-state index contributed by atoms with van der Waals surface area (Å²) < 4.78 is 92.4. The second-order valence-electron chi connectivity index (χ2n) is 11.2. The highest BCUT2D eigenvalue weighted by Gasteiger charge is 2.52. The summed E-state index contributed by atoms with van der Waals surface area (Å²) in [7, 11) is 0. The molecule has 3 aromatic rings. The van der Waals surface area contributed by atoms with Crippen LogP contribution in [0.3, 0.4) is 0 Å². The van der Waals surface area contributed by atoms with E-state index in [-0.39, 0.29) is 34.7 Å². The molecule has 2 saturated heterocycles. The lowest BCUT2D eigenvalue weighted by molar-refractivity contribution is -0.140. The molecular formula is C31H25F6N5O3S. The fraction of sp³-hybridized carbons (Fsp3) is 0.323. The van der Waals surface area contributed by atoms with E-state index in [1.807, 2.05) is 0 Å². The van der Waals surface area contributed by atoms with Crippen LogP contribution < -0.4 is 14.5 Å². The zero-order valence-electron chi connectivity index (χ0n) is 24.6. The maximum Gasteiger partial charge on any atom is 0.420 e. The van der Waals surface area contributed by atoms with Gasteiger partial charge in [0.05, 0.1) is 29.2 Å². The molecule has 46 heavy (non-hydrogen) atoms. The quantitative estimate of drug-likeness (QED) is 0.232. The number of carbonyl (C=O) groups is 2. The molecule has 8 nitrogen and oxygen atoms in total. The molecule has 2 amide bonds. The molecule has 0 radical (unpaired) electrons. The number of pyridine rings is 1. The summed E-state index contributed by atoms with van der Waals surface area (Å²) in [5.41, 5.74) is -5.53. The number of rotatable bonds is 5. The van der Waals surface area contributed by atoms with Crippen molar-refractivity contribution < 1.29 is 40.7 Å². The smallest absolute Gasteiger partial charge is 0.420 e. The van der Waals surface area contributed by atoms with Crippen molar-refractivity contribution in [1.29, 1.82) is 5.26 Å². The van der Waals surface area contributed by atoms with Gasteiger partial charge in [0.25, 0.3) is 5.91 Å². The predicted octanol–water partition coefficient (Wildman–Crippen LogP) is 6.36. The van der Waals surface area contributed by atoms with Crippen LogP contribution in [0.25, 0.3) is 11.3 Å². The molecule has 2 aliphatic rings. The van der Waals surface area contributed by atoms with Gasteiger partial charge in [-0.1, -0.05) is 0 Å². The molecule has 5 rings (SSSR count). The highest BCUT2D eigenvalue weighted by molar-refractivity contribution is 7.81. The van der Waals surface area contributed by atoms with Gasteiger partial charge in [-0.05, 0) is 56.4 Å². The molecule has 15 heteroatoms. The van der Waals surface area contributed by atoms with Gasteiger partial charge in [0, 0.05) is 44.5 Å². The normalized spacial score (nSPS) is 17.0. The number of hydrogen-bond donors (Lipinski definition) is 0. The topological polar surface area (TPSA) is 89.8 Å². The van der Waals surface area contributed by atoms with Gasteiger partial charge in [-0.3, -0.25) is 19.5 Å². The van der Waals surface area contributed by atoms with Crippen molar-refractivity contribution in [2.24, 2.45) is 0 Å². The van der Waals surface area contributed by atoms with E-state index < -0.39 is 57.0 Å². The monoisotopic (exact) mass is 661 g/mol. The summed E-state index contributed by atoms with van der Waals surface area (Å²) in [5.74, 6) is -4.57. The number of hydrogen-bond acceptors (Lipinski definition) is 6. The maximum absolute atomic E-state index is 15.5. The number of anilines is 2. The fourth-order valence-corrected chi connectivity index (χ4v) is 6.04. The second kappa shape index (κ2) is 11.9. The lowest BCUT2D eigenvalue weighted by atomic mass is 10.0. The first-order chi connectivity index (χ1) is 21.6. The molecule has 0 N–H and O–H groups in total. The average Bonchev–Trinajstić information content (AvgIpc) is 3.16. The van der Waals surface area contributed by atoms with Gasteiger partial charge in [-0.15, -0.1) is 0 Å². The summed E-state index contributed by atoms with van der Waals surface area (Å²) in [5, 5.41) is 8.62. The summed E-state index contributed by atoms with van der Waals surface area (Å²) in [6.07, 6.45) is -3.36. The van der Waals surface area contributed by atoms with Crippen LogP contribution in [0.15, 0.2) is 42.6 Å². The lowest BCUT2D eigenvalue weighted by Crippen LogP contribution is -2.44. The average molecular weight is 662 g/mol. The fourth-order valence-electron chi connectivity index (χ4n) is 5.52. The van der Waals surface area contributed by atoms with Crippen molar-refractivity contribution in [3.63, 3.8) is 0 Å². The molecule has 2 aliphatic heterocycles. The molecule has 0 unspecified atom stereocenters. The Bertz CT molecular complexity index is 1800. The van der Waals surface area contributed by atoms with Crippen LogP contribution in [0.2, 0.25) is 0 Å². The van der Waals surface area contributed by atoms with Gasteiger partial charge in [-0.2, -0.15) is 18.4 Å². The second-order valence-corrected chi connectivity index (χ2v) is 11.6. The molecule has 0 atom stereocenters. The number of nitrogens with zero attached hydrogens (tertiary/aromatic N) is 5. The van der Waals surface area contributed by atoms with Crippen LogP contribution in [-0.4, -0.2) is 51.5 Å². The van der Waals surface area contributed by atoms with Crippen molar-refractivity contribution in [2.75, 3.05) is 22.9 Å². The van der Waals surface area contributed by atoms with Crippen molar-refractivity contribution >= 4 is 40.5 Å². The Hall–Kier alpha value is -4.71. The number of piperidine rings is 1. The number of carbonyl (C=O) groups excluding carboxylic acids is 2. The largest absolute Gasteiger partial charge is 0.487 e. The Labute approximate surface area is 264 Å². The Morgan fingerprint density at radius 2 is 1.76 bits per heavy atom. The number of benzene rings is 2. The number of halogens is 6. The molecule has 240 valence electrons. The van der Waals surface area contributed by atoms with E-state index in [1.165, 1.54) is 39.0 Å². The van der Waals surface area contributed by atoms with E-state index in [4.69, 9.17) is 22.2 Å². The van der Waals surface area contributed by atoms with E-state index in [2.05, 4.69) is 4.98 Å². The van der Waals surface area contributed by atoms with Crippen LogP contribution in [0.5, 0.6) is 5.75 Å². The van der Waals surface area contributed by atoms with Crippen LogP contribution in [-0.2, 0) is 15.8 Å². The van der Waals surface area contributed by atoms with Crippen LogP contribution in [0, 0.1) is 28.8 Å². The van der Waals surface area contributed by atoms with E-state index in [9.17, 15) is 22.8 Å². The van der Waals surface area contributed by atoms with E-state index in [0.29, 0.717) is 30.8 Å². The molecule has 2 aromatic carbocycles. The molecule has 0 bridgehead atoms. The first kappa shape index (κ1) is 32.7. The van der Waals surface area contributed by atoms with Gasteiger partial charge in [0.15, 0.2) is 28.3 Å². The Kier molecular flexibility index (Phi) is 8.45. The first-order valence-corrected chi connectivity index (χ1v) is 14.3. The zero-order chi connectivity index (χ0) is 33.7. The Morgan fingerprint density at radius 3 is 2.33 bits per heavy atom. The summed E-state index contributed by atoms with van der Waals surface area (Å²) >= 11 is 5.38. The summed E-state index contributed by atoms with van der Waals surface area (Å²) in [6.45, 7) is 5.16. The number of aromatic nitrogens is 1. The van der Waals surface area contributed by atoms with Gasteiger partial charge in [0.2, 0.25) is 5.91 Å². The highest BCUT2D eigenvalue weighted by Crippen LogP contribution is 2.42. The van der Waals surface area contributed by atoms with E-state index >= 15 is 13.2 Å².